The van der Waals surface area contributed by atoms with E-state index in [0.29, 0.717) is 6.04 Å². The SMILES string of the molecule is CCCCCCC(C)C1CCc2ccccc2N1. The Balaban J connectivity index is 1.81. The van der Waals surface area contributed by atoms with Crippen LogP contribution in [-0.4, -0.2) is 6.04 Å². The molecule has 1 aromatic rings. The van der Waals surface area contributed by atoms with Gasteiger partial charge >= 0.3 is 0 Å². The van der Waals surface area contributed by atoms with Crippen molar-refractivity contribution in [1.29, 1.82) is 0 Å². The molecule has 2 atom stereocenters. The summed E-state index contributed by atoms with van der Waals surface area (Å²) in [5, 5.41) is 3.74. The standard InChI is InChI=1S/C17H27N/c1-3-4-5-6-9-14(2)16-13-12-15-10-7-8-11-17(15)18-16/h7-8,10-11,14,16,18H,3-6,9,12-13H2,1-2H3. The van der Waals surface area contributed by atoms with Crippen LogP contribution in [-0.2, 0) is 6.42 Å². The molecule has 2 unspecified atom stereocenters. The zero-order valence-electron chi connectivity index (χ0n) is 11.9. The third-order valence-electron chi connectivity index (χ3n) is 4.28. The summed E-state index contributed by atoms with van der Waals surface area (Å²) in [5.74, 6) is 0.801. The molecular formula is C17H27N. The van der Waals surface area contributed by atoms with Crippen molar-refractivity contribution in [2.24, 2.45) is 5.92 Å². The van der Waals surface area contributed by atoms with Crippen molar-refractivity contribution in [3.63, 3.8) is 0 Å². The summed E-state index contributed by atoms with van der Waals surface area (Å²) in [5.41, 5.74) is 2.86. The molecule has 1 aliphatic rings. The highest BCUT2D eigenvalue weighted by atomic mass is 14.9. The van der Waals surface area contributed by atoms with Crippen LogP contribution in [0.15, 0.2) is 24.3 Å². The third kappa shape index (κ3) is 3.51. The molecule has 1 heteroatoms. The lowest BCUT2D eigenvalue weighted by Gasteiger charge is -2.31. The Hall–Kier alpha value is -0.980. The van der Waals surface area contributed by atoms with E-state index in [0.717, 1.165) is 5.92 Å². The lowest BCUT2D eigenvalue weighted by Crippen LogP contribution is -2.31. The first-order chi connectivity index (χ1) is 8.81. The first-order valence-corrected chi connectivity index (χ1v) is 7.65. The minimum absolute atomic E-state index is 0.682. The fourth-order valence-corrected chi connectivity index (χ4v) is 2.98. The van der Waals surface area contributed by atoms with Crippen LogP contribution >= 0.6 is 0 Å². The number of anilines is 1. The number of para-hydroxylation sites is 1. The molecule has 0 aliphatic carbocycles. The number of unbranched alkanes of at least 4 members (excludes halogenated alkanes) is 3. The maximum Gasteiger partial charge on any atom is 0.0374 e. The van der Waals surface area contributed by atoms with Crippen LogP contribution in [0, 0.1) is 5.92 Å². The summed E-state index contributed by atoms with van der Waals surface area (Å²) in [7, 11) is 0. The van der Waals surface area contributed by atoms with Gasteiger partial charge in [0.15, 0.2) is 0 Å². The summed E-state index contributed by atoms with van der Waals surface area (Å²) in [6.45, 7) is 4.70. The van der Waals surface area contributed by atoms with Crippen molar-refractivity contribution in [3.8, 4) is 0 Å². The van der Waals surface area contributed by atoms with Gasteiger partial charge in [0.25, 0.3) is 0 Å². The molecule has 0 amide bonds. The summed E-state index contributed by atoms with van der Waals surface area (Å²) < 4.78 is 0. The molecule has 0 saturated carbocycles. The fourth-order valence-electron chi connectivity index (χ4n) is 2.98. The number of aryl methyl sites for hydroxylation is 1. The van der Waals surface area contributed by atoms with Crippen LogP contribution in [0.2, 0.25) is 0 Å². The van der Waals surface area contributed by atoms with Gasteiger partial charge in [0.1, 0.15) is 0 Å². The number of hydrogen-bond donors (Lipinski definition) is 1. The summed E-state index contributed by atoms with van der Waals surface area (Å²) in [6, 6.07) is 9.45. The lowest BCUT2D eigenvalue weighted by atomic mass is 9.87. The van der Waals surface area contributed by atoms with E-state index in [4.69, 9.17) is 0 Å². The first-order valence-electron chi connectivity index (χ1n) is 7.65. The predicted octanol–water partition coefficient (Wildman–Crippen LogP) is 5.02. The molecule has 1 aromatic carbocycles. The molecule has 0 bridgehead atoms. The van der Waals surface area contributed by atoms with E-state index < -0.39 is 0 Å². The van der Waals surface area contributed by atoms with Crippen molar-refractivity contribution in [2.45, 2.75) is 64.8 Å². The number of rotatable bonds is 6. The Bertz CT molecular complexity index is 358. The quantitative estimate of drug-likeness (QED) is 0.694. The molecule has 1 N–H and O–H groups in total. The Kier molecular flexibility index (Phi) is 5.10. The molecule has 0 saturated heterocycles. The van der Waals surface area contributed by atoms with E-state index >= 15 is 0 Å². The molecule has 2 rings (SSSR count). The monoisotopic (exact) mass is 245 g/mol. The van der Waals surface area contributed by atoms with E-state index in [9.17, 15) is 0 Å². The van der Waals surface area contributed by atoms with Crippen LogP contribution < -0.4 is 5.32 Å². The maximum absolute atomic E-state index is 3.74. The minimum Gasteiger partial charge on any atom is -0.382 e. The normalized spacial score (nSPS) is 20.0. The van der Waals surface area contributed by atoms with Crippen LogP contribution in [0.25, 0.3) is 0 Å². The number of benzene rings is 1. The van der Waals surface area contributed by atoms with Gasteiger partial charge in [-0.05, 0) is 36.8 Å². The smallest absolute Gasteiger partial charge is 0.0374 e. The molecule has 0 fully saturated rings. The minimum atomic E-state index is 0.682. The molecule has 1 aliphatic heterocycles. The Morgan fingerprint density at radius 3 is 2.89 bits per heavy atom. The van der Waals surface area contributed by atoms with Gasteiger partial charge in [0.2, 0.25) is 0 Å². The number of fused-ring (bicyclic) bond motifs is 1. The highest BCUT2D eigenvalue weighted by Gasteiger charge is 2.21. The molecule has 1 nitrogen and oxygen atoms in total. The van der Waals surface area contributed by atoms with E-state index in [1.807, 2.05) is 0 Å². The van der Waals surface area contributed by atoms with Gasteiger partial charge in [-0.25, -0.2) is 0 Å². The summed E-state index contributed by atoms with van der Waals surface area (Å²) in [4.78, 5) is 0. The van der Waals surface area contributed by atoms with Gasteiger partial charge in [-0.1, -0.05) is 57.7 Å². The number of hydrogen-bond acceptors (Lipinski definition) is 1. The van der Waals surface area contributed by atoms with Gasteiger partial charge in [-0.2, -0.15) is 0 Å². The number of nitrogens with one attached hydrogen (secondary N) is 1. The van der Waals surface area contributed by atoms with Crippen molar-refractivity contribution < 1.29 is 0 Å². The van der Waals surface area contributed by atoms with E-state index in [1.165, 1.54) is 56.2 Å². The average Bonchev–Trinajstić information content (AvgIpc) is 2.43. The van der Waals surface area contributed by atoms with Crippen molar-refractivity contribution in [1.82, 2.24) is 0 Å². The van der Waals surface area contributed by atoms with Crippen LogP contribution in [0.5, 0.6) is 0 Å². The van der Waals surface area contributed by atoms with Gasteiger partial charge in [-0.15, -0.1) is 0 Å². The molecule has 100 valence electrons. The zero-order chi connectivity index (χ0) is 12.8. The largest absolute Gasteiger partial charge is 0.382 e. The Morgan fingerprint density at radius 1 is 1.22 bits per heavy atom. The Labute approximate surface area is 112 Å². The molecular weight excluding hydrogens is 218 g/mol. The molecule has 1 heterocycles. The van der Waals surface area contributed by atoms with Crippen LogP contribution in [0.4, 0.5) is 5.69 Å². The summed E-state index contributed by atoms with van der Waals surface area (Å²) >= 11 is 0. The molecule has 0 aromatic heterocycles. The molecule has 0 radical (unpaired) electrons. The zero-order valence-corrected chi connectivity index (χ0v) is 11.9. The van der Waals surface area contributed by atoms with Crippen molar-refractivity contribution >= 4 is 5.69 Å². The highest BCUT2D eigenvalue weighted by molar-refractivity contribution is 5.53. The molecule has 0 spiro atoms. The van der Waals surface area contributed by atoms with Gasteiger partial charge < -0.3 is 5.32 Å². The van der Waals surface area contributed by atoms with E-state index in [-0.39, 0.29) is 0 Å². The first kappa shape index (κ1) is 13.5. The lowest BCUT2D eigenvalue weighted by molar-refractivity contribution is 0.403. The summed E-state index contributed by atoms with van der Waals surface area (Å²) in [6.07, 6.45) is 9.45. The fraction of sp³-hybridized carbons (Fsp3) is 0.647. The van der Waals surface area contributed by atoms with Crippen LogP contribution in [0.1, 0.15) is 57.9 Å². The van der Waals surface area contributed by atoms with E-state index in [2.05, 4.69) is 43.4 Å². The third-order valence-corrected chi connectivity index (χ3v) is 4.28. The predicted molar refractivity (Wildman–Crippen MR) is 80.1 cm³/mol. The van der Waals surface area contributed by atoms with Gasteiger partial charge in [0, 0.05) is 11.7 Å². The molecule has 18 heavy (non-hydrogen) atoms. The van der Waals surface area contributed by atoms with Crippen LogP contribution in [0.3, 0.4) is 0 Å². The van der Waals surface area contributed by atoms with Crippen molar-refractivity contribution in [3.05, 3.63) is 29.8 Å². The van der Waals surface area contributed by atoms with E-state index in [1.54, 1.807) is 0 Å². The highest BCUT2D eigenvalue weighted by Crippen LogP contribution is 2.29. The maximum atomic E-state index is 3.74. The topological polar surface area (TPSA) is 12.0 Å². The average molecular weight is 245 g/mol. The Morgan fingerprint density at radius 2 is 2.06 bits per heavy atom. The van der Waals surface area contributed by atoms with Gasteiger partial charge in [0.05, 0.1) is 0 Å². The second-order valence-electron chi connectivity index (χ2n) is 5.77. The second kappa shape index (κ2) is 6.82. The second-order valence-corrected chi connectivity index (χ2v) is 5.77. The van der Waals surface area contributed by atoms with Gasteiger partial charge in [-0.3, -0.25) is 0 Å². The van der Waals surface area contributed by atoms with Crippen molar-refractivity contribution in [2.75, 3.05) is 5.32 Å².